The Balaban J connectivity index is 1.66. The molecule has 0 N–H and O–H groups in total. The lowest BCUT2D eigenvalue weighted by Crippen LogP contribution is -2.13. The number of benzene rings is 2. The van der Waals surface area contributed by atoms with E-state index in [1.807, 2.05) is 75.4 Å². The minimum absolute atomic E-state index is 0.00468. The Morgan fingerprint density at radius 1 is 1.07 bits per heavy atom. The number of hydrogen-bond acceptors (Lipinski definition) is 3. The molecule has 3 rings (SSSR count). The van der Waals surface area contributed by atoms with Gasteiger partial charge in [0.15, 0.2) is 0 Å². The van der Waals surface area contributed by atoms with Crippen molar-refractivity contribution >= 4 is 29.2 Å². The third-order valence-electron chi connectivity index (χ3n) is 5.07. The number of hydrogen-bond donors (Lipinski definition) is 0. The fourth-order valence-electron chi connectivity index (χ4n) is 3.35. The van der Waals surface area contributed by atoms with Gasteiger partial charge in [0.05, 0.1) is 5.92 Å². The number of carbonyl (C=O) groups excluding carboxylic acids is 1. The van der Waals surface area contributed by atoms with E-state index in [4.69, 9.17) is 32.7 Å². The van der Waals surface area contributed by atoms with Crippen molar-refractivity contribution in [3.05, 3.63) is 70.7 Å². The molecule has 1 fully saturated rings. The van der Waals surface area contributed by atoms with E-state index in [2.05, 4.69) is 0 Å². The Bertz CT molecular complexity index is 842. The Morgan fingerprint density at radius 2 is 1.74 bits per heavy atom. The lowest BCUT2D eigenvalue weighted by atomic mass is 10.1. The van der Waals surface area contributed by atoms with Crippen molar-refractivity contribution in [1.29, 1.82) is 0 Å². The smallest absolute Gasteiger partial charge is 0.310 e. The van der Waals surface area contributed by atoms with Gasteiger partial charge in [-0.25, -0.2) is 0 Å². The van der Waals surface area contributed by atoms with Gasteiger partial charge in [0.25, 0.3) is 0 Å². The van der Waals surface area contributed by atoms with Crippen molar-refractivity contribution in [3.63, 3.8) is 0 Å². The quantitative estimate of drug-likeness (QED) is 0.503. The highest BCUT2D eigenvalue weighted by molar-refractivity contribution is 6.55. The van der Waals surface area contributed by atoms with Crippen LogP contribution in [-0.2, 0) is 9.53 Å². The topological polar surface area (TPSA) is 35.5 Å². The number of allylic oxidation sites excluding steroid dienone is 1. The summed E-state index contributed by atoms with van der Waals surface area (Å²) in [6.07, 6.45) is 1.33. The maximum Gasteiger partial charge on any atom is 0.310 e. The number of esters is 1. The van der Waals surface area contributed by atoms with Gasteiger partial charge in [-0.3, -0.25) is 4.79 Å². The van der Waals surface area contributed by atoms with E-state index in [0.29, 0.717) is 5.75 Å². The van der Waals surface area contributed by atoms with E-state index in [1.165, 1.54) is 0 Å². The highest BCUT2D eigenvalue weighted by atomic mass is 35.5. The van der Waals surface area contributed by atoms with Crippen LogP contribution in [0.5, 0.6) is 11.5 Å². The molecule has 0 radical (unpaired) electrons. The molecule has 27 heavy (non-hydrogen) atoms. The zero-order valence-electron chi connectivity index (χ0n) is 15.5. The van der Waals surface area contributed by atoms with Gasteiger partial charge in [-0.05, 0) is 54.2 Å². The third-order valence-corrected chi connectivity index (χ3v) is 5.32. The molecule has 0 amide bonds. The van der Waals surface area contributed by atoms with Gasteiger partial charge in [0, 0.05) is 0 Å². The second-order valence-electron chi connectivity index (χ2n) is 7.35. The molecular weight excluding hydrogens is 383 g/mol. The Labute approximate surface area is 169 Å². The lowest BCUT2D eigenvalue weighted by Gasteiger charge is -2.15. The zero-order chi connectivity index (χ0) is 19.6. The third kappa shape index (κ3) is 4.66. The van der Waals surface area contributed by atoms with Crippen molar-refractivity contribution in [2.75, 3.05) is 0 Å². The molecule has 0 aliphatic heterocycles. The summed E-state index contributed by atoms with van der Waals surface area (Å²) in [6, 6.07) is 17.1. The standard InChI is InChI=1S/C22H22Cl2O3/c1-14(26-21(25)20-18(13-19(23)24)22(20,2)3)15-8-7-11-17(12-15)27-16-9-5-4-6-10-16/h4-14,18,20H,1-3H3. The first-order chi connectivity index (χ1) is 12.8. The van der Waals surface area contributed by atoms with Crippen molar-refractivity contribution in [2.45, 2.75) is 26.9 Å². The minimum atomic E-state index is -0.385. The molecule has 2 aromatic carbocycles. The normalized spacial score (nSPS) is 21.1. The van der Waals surface area contributed by atoms with Crippen LogP contribution in [0.4, 0.5) is 0 Å². The number of halogens is 2. The van der Waals surface area contributed by atoms with Crippen molar-refractivity contribution < 1.29 is 14.3 Å². The average Bonchev–Trinajstić information content (AvgIpc) is 3.15. The molecule has 0 spiro atoms. The van der Waals surface area contributed by atoms with Crippen LogP contribution in [-0.4, -0.2) is 5.97 Å². The summed E-state index contributed by atoms with van der Waals surface area (Å²) in [5.74, 6) is 0.971. The van der Waals surface area contributed by atoms with Crippen LogP contribution in [0.2, 0.25) is 0 Å². The van der Waals surface area contributed by atoms with E-state index in [1.54, 1.807) is 6.08 Å². The van der Waals surface area contributed by atoms with Crippen LogP contribution >= 0.6 is 23.2 Å². The van der Waals surface area contributed by atoms with Crippen molar-refractivity contribution in [3.8, 4) is 11.5 Å². The van der Waals surface area contributed by atoms with Crippen LogP contribution in [0, 0.1) is 17.3 Å². The molecule has 0 heterocycles. The minimum Gasteiger partial charge on any atom is -0.458 e. The van der Waals surface area contributed by atoms with Gasteiger partial charge in [-0.1, -0.05) is 67.4 Å². The summed E-state index contributed by atoms with van der Waals surface area (Å²) in [5.41, 5.74) is 0.669. The van der Waals surface area contributed by atoms with E-state index in [9.17, 15) is 4.79 Å². The maximum absolute atomic E-state index is 12.6. The van der Waals surface area contributed by atoms with E-state index < -0.39 is 0 Å². The highest BCUT2D eigenvalue weighted by Crippen LogP contribution is 2.60. The monoisotopic (exact) mass is 404 g/mol. The molecule has 142 valence electrons. The van der Waals surface area contributed by atoms with Gasteiger partial charge in [-0.15, -0.1) is 0 Å². The molecule has 5 heteroatoms. The Kier molecular flexibility index (Phi) is 5.83. The van der Waals surface area contributed by atoms with Gasteiger partial charge in [0.2, 0.25) is 0 Å². The summed E-state index contributed by atoms with van der Waals surface area (Å²) in [4.78, 5) is 12.6. The molecule has 3 unspecified atom stereocenters. The predicted molar refractivity (Wildman–Crippen MR) is 108 cm³/mol. The molecule has 1 aliphatic carbocycles. The first-order valence-electron chi connectivity index (χ1n) is 8.85. The van der Waals surface area contributed by atoms with Crippen LogP contribution in [0.25, 0.3) is 0 Å². The predicted octanol–water partition coefficient (Wildman–Crippen LogP) is 6.67. The van der Waals surface area contributed by atoms with Crippen molar-refractivity contribution in [1.82, 2.24) is 0 Å². The Morgan fingerprint density at radius 3 is 2.41 bits per heavy atom. The number of rotatable bonds is 6. The molecule has 0 aromatic heterocycles. The number of para-hydroxylation sites is 1. The lowest BCUT2D eigenvalue weighted by molar-refractivity contribution is -0.151. The summed E-state index contributed by atoms with van der Waals surface area (Å²) < 4.78 is 11.7. The van der Waals surface area contributed by atoms with Gasteiger partial charge in [-0.2, -0.15) is 0 Å². The van der Waals surface area contributed by atoms with E-state index >= 15 is 0 Å². The number of carbonyl (C=O) groups is 1. The van der Waals surface area contributed by atoms with E-state index in [-0.39, 0.29) is 33.8 Å². The summed E-state index contributed by atoms with van der Waals surface area (Å²) in [7, 11) is 0. The fraction of sp³-hybridized carbons (Fsp3) is 0.318. The molecular formula is C22H22Cl2O3. The Hall–Kier alpha value is -1.97. The van der Waals surface area contributed by atoms with Crippen molar-refractivity contribution in [2.24, 2.45) is 17.3 Å². The SMILES string of the molecule is CC(OC(=O)C1C(C=C(Cl)Cl)C1(C)C)c1cccc(Oc2ccccc2)c1. The highest BCUT2D eigenvalue weighted by Gasteiger charge is 2.61. The zero-order valence-corrected chi connectivity index (χ0v) is 17.0. The van der Waals surface area contributed by atoms with Gasteiger partial charge < -0.3 is 9.47 Å². The maximum atomic E-state index is 12.6. The molecule has 1 aliphatic rings. The molecule has 3 nitrogen and oxygen atoms in total. The second kappa shape index (κ2) is 7.95. The second-order valence-corrected chi connectivity index (χ2v) is 8.36. The average molecular weight is 405 g/mol. The van der Waals surface area contributed by atoms with Crippen LogP contribution in [0.1, 0.15) is 32.4 Å². The fourth-order valence-corrected chi connectivity index (χ4v) is 3.62. The molecule has 0 bridgehead atoms. The van der Waals surface area contributed by atoms with Crippen LogP contribution in [0.15, 0.2) is 65.2 Å². The van der Waals surface area contributed by atoms with Gasteiger partial charge in [0.1, 0.15) is 22.1 Å². The first kappa shape index (κ1) is 19.8. The molecule has 3 atom stereocenters. The van der Waals surface area contributed by atoms with Crippen LogP contribution < -0.4 is 4.74 Å². The van der Waals surface area contributed by atoms with Crippen LogP contribution in [0.3, 0.4) is 0 Å². The van der Waals surface area contributed by atoms with Gasteiger partial charge >= 0.3 is 5.97 Å². The molecule has 0 saturated heterocycles. The molecule has 2 aromatic rings. The summed E-state index contributed by atoms with van der Waals surface area (Å²) in [5, 5.41) is 0. The molecule has 1 saturated carbocycles. The summed E-state index contributed by atoms with van der Waals surface area (Å²) >= 11 is 11.5. The first-order valence-corrected chi connectivity index (χ1v) is 9.61. The summed E-state index contributed by atoms with van der Waals surface area (Å²) in [6.45, 7) is 5.87. The number of ether oxygens (including phenoxy) is 2. The largest absolute Gasteiger partial charge is 0.458 e. The van der Waals surface area contributed by atoms with E-state index in [0.717, 1.165) is 11.3 Å².